The van der Waals surface area contributed by atoms with Crippen LogP contribution >= 0.6 is 11.3 Å². The molecule has 3 heterocycles. The van der Waals surface area contributed by atoms with Gasteiger partial charge in [0, 0.05) is 43.6 Å². The fourth-order valence-corrected chi connectivity index (χ4v) is 6.00. The van der Waals surface area contributed by atoms with Gasteiger partial charge < -0.3 is 15.1 Å². The van der Waals surface area contributed by atoms with Gasteiger partial charge in [0.05, 0.1) is 5.92 Å². The molecule has 0 radical (unpaired) electrons. The van der Waals surface area contributed by atoms with E-state index in [4.69, 9.17) is 0 Å². The molecule has 1 aromatic heterocycles. The summed E-state index contributed by atoms with van der Waals surface area (Å²) in [6.07, 6.45) is 6.27. The Kier molecular flexibility index (Phi) is 6.14. The van der Waals surface area contributed by atoms with Crippen molar-refractivity contribution in [1.82, 2.24) is 15.1 Å². The quantitative estimate of drug-likeness (QED) is 0.726. The van der Waals surface area contributed by atoms with Crippen molar-refractivity contribution in [2.45, 2.75) is 63.8 Å². The van der Waals surface area contributed by atoms with E-state index in [1.807, 2.05) is 36.1 Å². The third-order valence-corrected chi connectivity index (χ3v) is 8.04. The zero-order valence-electron chi connectivity index (χ0n) is 18.8. The molecule has 5 rings (SSSR count). The van der Waals surface area contributed by atoms with E-state index in [9.17, 15) is 14.4 Å². The van der Waals surface area contributed by atoms with Crippen LogP contribution in [0.5, 0.6) is 0 Å². The summed E-state index contributed by atoms with van der Waals surface area (Å²) in [5, 5.41) is 12.4. The first-order valence-electron chi connectivity index (χ1n) is 11.8. The van der Waals surface area contributed by atoms with Crippen LogP contribution in [0.25, 0.3) is 0 Å². The van der Waals surface area contributed by atoms with Gasteiger partial charge in [-0.2, -0.15) is 0 Å². The van der Waals surface area contributed by atoms with Crippen molar-refractivity contribution in [1.29, 1.82) is 0 Å². The number of aromatic nitrogens is 2. The second-order valence-electron chi connectivity index (χ2n) is 9.41. The minimum atomic E-state index is -0.350. The highest BCUT2D eigenvalue weighted by Crippen LogP contribution is 2.35. The van der Waals surface area contributed by atoms with Crippen LogP contribution in [0.4, 0.5) is 10.8 Å². The van der Waals surface area contributed by atoms with Crippen molar-refractivity contribution >= 4 is 39.9 Å². The molecular weight excluding hydrogens is 438 g/mol. The van der Waals surface area contributed by atoms with Crippen LogP contribution in [0.15, 0.2) is 24.3 Å². The van der Waals surface area contributed by atoms with E-state index in [1.54, 1.807) is 4.90 Å². The average Bonchev–Trinajstić information content (AvgIpc) is 3.53. The number of rotatable bonds is 5. The summed E-state index contributed by atoms with van der Waals surface area (Å²) >= 11 is 1.32. The van der Waals surface area contributed by atoms with Crippen molar-refractivity contribution < 1.29 is 14.4 Å². The van der Waals surface area contributed by atoms with Gasteiger partial charge in [-0.25, -0.2) is 0 Å². The van der Waals surface area contributed by atoms with Gasteiger partial charge in [-0.3, -0.25) is 14.4 Å². The summed E-state index contributed by atoms with van der Waals surface area (Å²) in [5.41, 5.74) is 2.04. The van der Waals surface area contributed by atoms with Gasteiger partial charge in [0.25, 0.3) is 0 Å². The number of amides is 3. The number of nitrogens with one attached hydrogen (secondary N) is 1. The van der Waals surface area contributed by atoms with Gasteiger partial charge in [0.2, 0.25) is 22.9 Å². The maximum atomic E-state index is 12.8. The molecule has 3 fully saturated rings. The zero-order valence-corrected chi connectivity index (χ0v) is 19.6. The molecule has 33 heavy (non-hydrogen) atoms. The molecule has 1 aromatic carbocycles. The molecule has 2 unspecified atom stereocenters. The Balaban J connectivity index is 1.19. The van der Waals surface area contributed by atoms with Crippen LogP contribution in [0.2, 0.25) is 0 Å². The van der Waals surface area contributed by atoms with Gasteiger partial charge in [-0.05, 0) is 31.9 Å². The molecule has 3 amide bonds. The van der Waals surface area contributed by atoms with E-state index < -0.39 is 0 Å². The minimum Gasteiger partial charge on any atom is -0.339 e. The first-order chi connectivity index (χ1) is 16.0. The Hall–Kier alpha value is -2.81. The van der Waals surface area contributed by atoms with E-state index >= 15 is 0 Å². The highest BCUT2D eigenvalue weighted by atomic mass is 32.1. The number of hydrogen-bond donors (Lipinski definition) is 1. The molecule has 1 aliphatic carbocycles. The summed E-state index contributed by atoms with van der Waals surface area (Å²) in [6.45, 7) is 3.06. The molecule has 2 aromatic rings. The van der Waals surface area contributed by atoms with Gasteiger partial charge in [0.1, 0.15) is 5.01 Å². The van der Waals surface area contributed by atoms with E-state index in [-0.39, 0.29) is 42.0 Å². The van der Waals surface area contributed by atoms with Gasteiger partial charge in [-0.15, -0.1) is 10.2 Å². The van der Waals surface area contributed by atoms with Crippen molar-refractivity contribution in [3.8, 4) is 0 Å². The van der Waals surface area contributed by atoms with E-state index in [0.717, 1.165) is 41.9 Å². The Labute approximate surface area is 197 Å². The van der Waals surface area contributed by atoms with Crippen molar-refractivity contribution in [3.05, 3.63) is 34.8 Å². The Bertz CT molecular complexity index is 1050. The maximum Gasteiger partial charge on any atom is 0.231 e. The molecule has 1 N–H and O–H groups in total. The molecule has 2 atom stereocenters. The van der Waals surface area contributed by atoms with Crippen LogP contribution in [-0.4, -0.2) is 52.0 Å². The highest BCUT2D eigenvalue weighted by molar-refractivity contribution is 7.15. The van der Waals surface area contributed by atoms with Crippen LogP contribution in [0.1, 0.15) is 61.4 Å². The third kappa shape index (κ3) is 4.64. The number of carbonyl (C=O) groups is 3. The van der Waals surface area contributed by atoms with E-state index in [1.165, 1.54) is 17.8 Å². The van der Waals surface area contributed by atoms with Gasteiger partial charge in [-0.1, -0.05) is 48.3 Å². The Morgan fingerprint density at radius 1 is 1.00 bits per heavy atom. The second-order valence-corrected chi connectivity index (χ2v) is 10.4. The lowest BCUT2D eigenvalue weighted by molar-refractivity contribution is -0.130. The number of aryl methyl sites for hydroxylation is 1. The predicted octanol–water partition coefficient (Wildman–Crippen LogP) is 3.49. The second kappa shape index (κ2) is 9.21. The van der Waals surface area contributed by atoms with Crippen molar-refractivity contribution in [3.63, 3.8) is 0 Å². The molecular formula is C24H29N5O3S. The number of anilines is 2. The number of nitrogens with zero attached hydrogens (tertiary/aromatic N) is 4. The lowest BCUT2D eigenvalue weighted by Gasteiger charge is -2.31. The summed E-state index contributed by atoms with van der Waals surface area (Å²) in [6, 6.07) is 8.20. The highest BCUT2D eigenvalue weighted by Gasteiger charge is 2.39. The van der Waals surface area contributed by atoms with Crippen molar-refractivity contribution in [2.75, 3.05) is 23.3 Å². The van der Waals surface area contributed by atoms with E-state index in [2.05, 4.69) is 15.5 Å². The Morgan fingerprint density at radius 3 is 2.52 bits per heavy atom. The largest absolute Gasteiger partial charge is 0.339 e. The fourth-order valence-electron chi connectivity index (χ4n) is 5.16. The van der Waals surface area contributed by atoms with Crippen LogP contribution in [0, 0.1) is 12.8 Å². The Morgan fingerprint density at radius 2 is 1.76 bits per heavy atom. The summed E-state index contributed by atoms with van der Waals surface area (Å²) in [7, 11) is 0. The fraction of sp³-hybridized carbons (Fsp3) is 0.542. The summed E-state index contributed by atoms with van der Waals surface area (Å²) in [4.78, 5) is 41.6. The van der Waals surface area contributed by atoms with Crippen LogP contribution < -0.4 is 10.2 Å². The van der Waals surface area contributed by atoms with Crippen LogP contribution in [0.3, 0.4) is 0 Å². The van der Waals surface area contributed by atoms with Gasteiger partial charge >= 0.3 is 0 Å². The molecule has 0 bridgehead atoms. The lowest BCUT2D eigenvalue weighted by Crippen LogP contribution is -2.38. The predicted molar refractivity (Wildman–Crippen MR) is 126 cm³/mol. The molecule has 2 aliphatic heterocycles. The molecule has 1 saturated carbocycles. The normalized spacial score (nSPS) is 24.0. The van der Waals surface area contributed by atoms with Crippen molar-refractivity contribution in [2.24, 2.45) is 5.92 Å². The monoisotopic (exact) mass is 467 g/mol. The topological polar surface area (TPSA) is 95.5 Å². The number of carbonyl (C=O) groups excluding carboxylic acids is 3. The molecule has 8 nitrogen and oxygen atoms in total. The molecule has 2 saturated heterocycles. The maximum absolute atomic E-state index is 12.8. The minimum absolute atomic E-state index is 0.0446. The molecule has 174 valence electrons. The number of likely N-dealkylation sites (tertiary alicyclic amines) is 1. The first-order valence-corrected chi connectivity index (χ1v) is 12.6. The standard InChI is InChI=1S/C24H29N5O3S/c1-15-7-9-19(10-8-15)29-14-17(12-21(29)31)23-26-27-24(33-23)25-22(32)16-11-20(30)28(13-16)18-5-3-2-4-6-18/h7-10,16-18H,2-6,11-14H2,1H3,(H,25,27,32). The average molecular weight is 468 g/mol. The SMILES string of the molecule is Cc1ccc(N2CC(c3nnc(NC(=O)C4CC(=O)N(C5CCCCC5)C4)s3)CC2=O)cc1. The first kappa shape index (κ1) is 22.0. The lowest BCUT2D eigenvalue weighted by atomic mass is 9.94. The van der Waals surface area contributed by atoms with Crippen LogP contribution in [-0.2, 0) is 14.4 Å². The molecule has 9 heteroatoms. The molecule has 0 spiro atoms. The number of hydrogen-bond acceptors (Lipinski definition) is 6. The van der Waals surface area contributed by atoms with Gasteiger partial charge in [0.15, 0.2) is 0 Å². The zero-order chi connectivity index (χ0) is 22.9. The number of benzene rings is 1. The smallest absolute Gasteiger partial charge is 0.231 e. The summed E-state index contributed by atoms with van der Waals surface area (Å²) in [5.74, 6) is -0.417. The molecule has 3 aliphatic rings. The third-order valence-electron chi connectivity index (χ3n) is 7.04. The van der Waals surface area contributed by atoms with E-state index in [0.29, 0.717) is 24.6 Å². The summed E-state index contributed by atoms with van der Waals surface area (Å²) < 4.78 is 0.